The van der Waals surface area contributed by atoms with Crippen molar-refractivity contribution in [2.75, 3.05) is 18.0 Å². The Bertz CT molecular complexity index is 460. The number of aromatic nitrogens is 2. The van der Waals surface area contributed by atoms with Gasteiger partial charge < -0.3 is 10.0 Å². The molecule has 5 nitrogen and oxygen atoms in total. The number of rotatable bonds is 7. The average Bonchev–Trinajstić information content (AvgIpc) is 2.43. The molecule has 20 heavy (non-hydrogen) atoms. The summed E-state index contributed by atoms with van der Waals surface area (Å²) < 4.78 is 0. The quantitative estimate of drug-likeness (QED) is 0.830. The Morgan fingerprint density at radius 3 is 2.45 bits per heavy atom. The Hall–Kier alpha value is -1.65. The SMILES string of the molecule is CCC(C)CN(CC)c1cnc(C(C)C)nc1C(=O)O. The van der Waals surface area contributed by atoms with Gasteiger partial charge in [-0.25, -0.2) is 14.8 Å². The highest BCUT2D eigenvalue weighted by Crippen LogP contribution is 2.22. The Labute approximate surface area is 121 Å². The summed E-state index contributed by atoms with van der Waals surface area (Å²) >= 11 is 0. The fourth-order valence-electron chi connectivity index (χ4n) is 1.96. The smallest absolute Gasteiger partial charge is 0.356 e. The predicted molar refractivity (Wildman–Crippen MR) is 80.4 cm³/mol. The van der Waals surface area contributed by atoms with E-state index >= 15 is 0 Å². The molecule has 0 saturated carbocycles. The summed E-state index contributed by atoms with van der Waals surface area (Å²) in [5, 5.41) is 9.39. The molecule has 1 aromatic heterocycles. The standard InChI is InChI=1S/C15H25N3O2/c1-6-11(5)9-18(7-2)12-8-16-14(10(3)4)17-13(12)15(19)20/h8,10-11H,6-7,9H2,1-5H3,(H,19,20). The molecule has 0 aliphatic carbocycles. The first-order valence-corrected chi connectivity index (χ1v) is 7.25. The van der Waals surface area contributed by atoms with E-state index in [1.54, 1.807) is 6.20 Å². The molecule has 0 spiro atoms. The van der Waals surface area contributed by atoms with Crippen molar-refractivity contribution in [3.8, 4) is 0 Å². The van der Waals surface area contributed by atoms with Crippen molar-refractivity contribution in [2.45, 2.75) is 47.0 Å². The lowest BCUT2D eigenvalue weighted by Gasteiger charge is -2.27. The lowest BCUT2D eigenvalue weighted by atomic mass is 10.1. The maximum absolute atomic E-state index is 11.5. The molecule has 0 saturated heterocycles. The first-order valence-electron chi connectivity index (χ1n) is 7.25. The summed E-state index contributed by atoms with van der Waals surface area (Å²) in [5.41, 5.74) is 0.721. The zero-order valence-corrected chi connectivity index (χ0v) is 13.1. The molecule has 1 N–H and O–H groups in total. The van der Waals surface area contributed by atoms with Crippen molar-refractivity contribution in [3.05, 3.63) is 17.7 Å². The molecule has 5 heteroatoms. The normalized spacial score (nSPS) is 12.5. The zero-order valence-electron chi connectivity index (χ0n) is 13.1. The Balaban J connectivity index is 3.17. The van der Waals surface area contributed by atoms with Crippen molar-refractivity contribution in [2.24, 2.45) is 5.92 Å². The second-order valence-corrected chi connectivity index (χ2v) is 5.47. The lowest BCUT2D eigenvalue weighted by Crippen LogP contribution is -2.30. The zero-order chi connectivity index (χ0) is 15.3. The van der Waals surface area contributed by atoms with Gasteiger partial charge in [-0.1, -0.05) is 34.1 Å². The predicted octanol–water partition coefficient (Wildman–Crippen LogP) is 3.17. The van der Waals surface area contributed by atoms with Crippen LogP contribution < -0.4 is 4.90 Å². The molecule has 0 radical (unpaired) electrons. The van der Waals surface area contributed by atoms with E-state index in [1.165, 1.54) is 0 Å². The fourth-order valence-corrected chi connectivity index (χ4v) is 1.96. The van der Waals surface area contributed by atoms with Crippen LogP contribution in [0.1, 0.15) is 63.3 Å². The maximum Gasteiger partial charge on any atom is 0.356 e. The first kappa shape index (κ1) is 16.4. The Morgan fingerprint density at radius 1 is 1.35 bits per heavy atom. The van der Waals surface area contributed by atoms with Gasteiger partial charge in [0, 0.05) is 19.0 Å². The van der Waals surface area contributed by atoms with Gasteiger partial charge >= 0.3 is 5.97 Å². The van der Waals surface area contributed by atoms with Gasteiger partial charge in [0.05, 0.1) is 11.9 Å². The topological polar surface area (TPSA) is 66.3 Å². The summed E-state index contributed by atoms with van der Waals surface area (Å²) in [4.78, 5) is 22.0. The highest BCUT2D eigenvalue weighted by atomic mass is 16.4. The van der Waals surface area contributed by atoms with Crippen LogP contribution in [0.4, 0.5) is 5.69 Å². The van der Waals surface area contributed by atoms with Gasteiger partial charge in [0.15, 0.2) is 5.69 Å². The molecule has 112 valence electrons. The van der Waals surface area contributed by atoms with Crippen molar-refractivity contribution < 1.29 is 9.90 Å². The number of aromatic carboxylic acids is 1. The number of nitrogens with zero attached hydrogens (tertiary/aromatic N) is 3. The van der Waals surface area contributed by atoms with E-state index in [1.807, 2.05) is 25.7 Å². The van der Waals surface area contributed by atoms with Gasteiger partial charge in [0.2, 0.25) is 0 Å². The van der Waals surface area contributed by atoms with Crippen LogP contribution in [-0.2, 0) is 0 Å². The van der Waals surface area contributed by atoms with E-state index < -0.39 is 5.97 Å². The Kier molecular flexibility index (Phi) is 5.92. The van der Waals surface area contributed by atoms with E-state index in [0.717, 1.165) is 19.5 Å². The molecular weight excluding hydrogens is 254 g/mol. The maximum atomic E-state index is 11.5. The minimum absolute atomic E-state index is 0.105. The number of hydrogen-bond acceptors (Lipinski definition) is 4. The summed E-state index contributed by atoms with van der Waals surface area (Å²) in [6, 6.07) is 0. The minimum atomic E-state index is -0.994. The highest BCUT2D eigenvalue weighted by molar-refractivity contribution is 5.92. The van der Waals surface area contributed by atoms with Crippen molar-refractivity contribution >= 4 is 11.7 Å². The molecule has 0 fully saturated rings. The number of hydrogen-bond donors (Lipinski definition) is 1. The van der Waals surface area contributed by atoms with Crippen molar-refractivity contribution in [1.29, 1.82) is 0 Å². The summed E-state index contributed by atoms with van der Waals surface area (Å²) in [6.07, 6.45) is 2.71. The lowest BCUT2D eigenvalue weighted by molar-refractivity contribution is 0.0690. The van der Waals surface area contributed by atoms with E-state index in [2.05, 4.69) is 23.8 Å². The minimum Gasteiger partial charge on any atom is -0.476 e. The van der Waals surface area contributed by atoms with E-state index in [4.69, 9.17) is 0 Å². The first-order chi connectivity index (χ1) is 9.40. The fraction of sp³-hybridized carbons (Fsp3) is 0.667. The Morgan fingerprint density at radius 2 is 2.00 bits per heavy atom. The molecule has 1 unspecified atom stereocenters. The third-order valence-corrected chi connectivity index (χ3v) is 3.46. The van der Waals surface area contributed by atoms with E-state index in [9.17, 15) is 9.90 Å². The van der Waals surface area contributed by atoms with Crippen molar-refractivity contribution in [3.63, 3.8) is 0 Å². The van der Waals surface area contributed by atoms with Crippen LogP contribution in [0.5, 0.6) is 0 Å². The van der Waals surface area contributed by atoms with Crippen LogP contribution >= 0.6 is 0 Å². The van der Waals surface area contributed by atoms with Crippen LogP contribution in [-0.4, -0.2) is 34.1 Å². The number of carbonyl (C=O) groups is 1. The number of carboxylic acid groups (broad SMARTS) is 1. The second-order valence-electron chi connectivity index (χ2n) is 5.47. The van der Waals surface area contributed by atoms with Crippen LogP contribution in [0, 0.1) is 5.92 Å². The highest BCUT2D eigenvalue weighted by Gasteiger charge is 2.20. The molecule has 1 aromatic rings. The summed E-state index contributed by atoms with van der Waals surface area (Å²) in [7, 11) is 0. The van der Waals surface area contributed by atoms with Crippen LogP contribution in [0.2, 0.25) is 0 Å². The molecule has 0 aliphatic heterocycles. The average molecular weight is 279 g/mol. The third-order valence-electron chi connectivity index (χ3n) is 3.46. The molecule has 0 amide bonds. The van der Waals surface area contributed by atoms with Gasteiger partial charge in [-0.15, -0.1) is 0 Å². The van der Waals surface area contributed by atoms with E-state index in [0.29, 0.717) is 17.4 Å². The van der Waals surface area contributed by atoms with Gasteiger partial charge in [-0.3, -0.25) is 0 Å². The van der Waals surface area contributed by atoms with Gasteiger partial charge in [0.25, 0.3) is 0 Å². The summed E-state index contributed by atoms with van der Waals surface area (Å²) in [6.45, 7) is 11.8. The summed E-state index contributed by atoms with van der Waals surface area (Å²) in [5.74, 6) is 0.200. The molecule has 1 atom stereocenters. The number of carboxylic acids is 1. The van der Waals surface area contributed by atoms with Gasteiger partial charge in [0.1, 0.15) is 5.82 Å². The number of anilines is 1. The van der Waals surface area contributed by atoms with Crippen molar-refractivity contribution in [1.82, 2.24) is 9.97 Å². The van der Waals surface area contributed by atoms with Crippen LogP contribution in [0.3, 0.4) is 0 Å². The monoisotopic (exact) mass is 279 g/mol. The molecule has 0 aromatic carbocycles. The van der Waals surface area contributed by atoms with Crippen LogP contribution in [0.25, 0.3) is 0 Å². The molecule has 1 heterocycles. The largest absolute Gasteiger partial charge is 0.476 e. The molecule has 0 bridgehead atoms. The molecule has 1 rings (SSSR count). The molecular formula is C15H25N3O2. The van der Waals surface area contributed by atoms with Gasteiger partial charge in [-0.2, -0.15) is 0 Å². The third kappa shape index (κ3) is 3.92. The van der Waals surface area contributed by atoms with Crippen LogP contribution in [0.15, 0.2) is 6.20 Å². The second kappa shape index (κ2) is 7.22. The van der Waals surface area contributed by atoms with Gasteiger partial charge in [-0.05, 0) is 12.8 Å². The van der Waals surface area contributed by atoms with E-state index in [-0.39, 0.29) is 11.6 Å². The molecule has 0 aliphatic rings.